The molecule has 0 saturated carbocycles. The fourth-order valence-corrected chi connectivity index (χ4v) is 6.21. The van der Waals surface area contributed by atoms with Gasteiger partial charge in [0.15, 0.2) is 0 Å². The number of fused-ring (bicyclic) bond motifs is 7. The van der Waals surface area contributed by atoms with Crippen molar-refractivity contribution < 1.29 is 4.42 Å². The molecule has 192 valence electrons. The molecule has 0 spiro atoms. The quantitative estimate of drug-likeness (QED) is 0.231. The summed E-state index contributed by atoms with van der Waals surface area (Å²) in [5, 5.41) is 4.92. The number of nitrogens with zero attached hydrogens (tertiary/aromatic N) is 4. The summed E-state index contributed by atoms with van der Waals surface area (Å²) < 4.78 is 10.7. The van der Waals surface area contributed by atoms with Crippen LogP contribution in [0.2, 0.25) is 0 Å². The first kappa shape index (κ1) is 22.2. The Balaban J connectivity index is 1.30. The Morgan fingerprint density at radius 1 is 0.488 bits per heavy atom. The summed E-state index contributed by atoms with van der Waals surface area (Å²) in [4.78, 5) is 8.91. The van der Waals surface area contributed by atoms with Crippen LogP contribution >= 0.6 is 0 Å². The second-order valence-corrected chi connectivity index (χ2v) is 10.3. The van der Waals surface area contributed by atoms with Gasteiger partial charge in [-0.25, -0.2) is 9.97 Å². The highest BCUT2D eigenvalue weighted by Gasteiger charge is 2.18. The highest BCUT2D eigenvalue weighted by molar-refractivity contribution is 6.19. The minimum Gasteiger partial charge on any atom is -0.418 e. The summed E-state index contributed by atoms with van der Waals surface area (Å²) in [6.07, 6.45) is 1.72. The lowest BCUT2D eigenvalue weighted by atomic mass is 10.1. The Morgan fingerprint density at radius 3 is 1.71 bits per heavy atom. The minimum absolute atomic E-state index is 0.549. The molecule has 5 nitrogen and oxygen atoms in total. The Labute approximate surface area is 234 Å². The zero-order valence-electron chi connectivity index (χ0n) is 21.9. The summed E-state index contributed by atoms with van der Waals surface area (Å²) >= 11 is 0. The number of benzene rings is 5. The van der Waals surface area contributed by atoms with E-state index in [0.717, 1.165) is 22.5 Å². The van der Waals surface area contributed by atoms with Crippen LogP contribution < -0.4 is 0 Å². The summed E-state index contributed by atoms with van der Waals surface area (Å²) in [5.41, 5.74) is 9.22. The maximum absolute atomic E-state index is 5.92. The maximum atomic E-state index is 5.92. The summed E-state index contributed by atoms with van der Waals surface area (Å²) in [7, 11) is 0. The first-order chi connectivity index (χ1) is 20.3. The van der Waals surface area contributed by atoms with Crippen molar-refractivity contribution in [3.63, 3.8) is 0 Å². The van der Waals surface area contributed by atoms with Gasteiger partial charge in [-0.2, -0.15) is 0 Å². The molecule has 9 aromatic rings. The number of hydrogen-bond donors (Lipinski definition) is 0. The molecule has 0 N–H and O–H groups in total. The molecular weight excluding hydrogens is 504 g/mol. The number of hydrogen-bond acceptors (Lipinski definition) is 3. The van der Waals surface area contributed by atoms with E-state index in [2.05, 4.69) is 134 Å². The van der Waals surface area contributed by atoms with Crippen molar-refractivity contribution in [2.45, 2.75) is 0 Å². The van der Waals surface area contributed by atoms with Crippen LogP contribution in [0.1, 0.15) is 0 Å². The molecule has 0 fully saturated rings. The molecule has 0 aliphatic rings. The Kier molecular flexibility index (Phi) is 4.55. The van der Waals surface area contributed by atoms with Crippen molar-refractivity contribution in [3.05, 3.63) is 134 Å². The molecule has 5 heteroatoms. The maximum Gasteiger partial charge on any atom is 0.247 e. The standard InChI is InChI=1S/C36H22N4O/c1-2-9-24(10-3-1)39-31-14-6-4-11-26(31)28-22-34-29(21-33(28)39)27-12-5-7-15-32(27)40(34)25-18-16-23(17-19-25)35-38-30-13-8-20-37-36(30)41-35/h1-22H. The molecule has 0 unspecified atom stereocenters. The van der Waals surface area contributed by atoms with Crippen LogP contribution in [-0.2, 0) is 0 Å². The minimum atomic E-state index is 0.549. The molecule has 0 saturated heterocycles. The normalized spacial score (nSPS) is 11.9. The van der Waals surface area contributed by atoms with Gasteiger partial charge in [0, 0.05) is 44.7 Å². The van der Waals surface area contributed by atoms with Crippen LogP contribution in [0.4, 0.5) is 0 Å². The van der Waals surface area contributed by atoms with Gasteiger partial charge in [0.2, 0.25) is 11.6 Å². The fourth-order valence-electron chi connectivity index (χ4n) is 6.21. The Morgan fingerprint density at radius 2 is 1.07 bits per heavy atom. The Bertz CT molecular complexity index is 2380. The highest BCUT2D eigenvalue weighted by atomic mass is 16.4. The molecule has 0 bridgehead atoms. The fraction of sp³-hybridized carbons (Fsp3) is 0. The molecule has 4 aromatic heterocycles. The third-order valence-corrected chi connectivity index (χ3v) is 8.02. The lowest BCUT2D eigenvalue weighted by Crippen LogP contribution is -1.94. The van der Waals surface area contributed by atoms with Crippen LogP contribution in [0.25, 0.3) is 77.7 Å². The van der Waals surface area contributed by atoms with Gasteiger partial charge in [0.1, 0.15) is 5.52 Å². The number of aromatic nitrogens is 4. The molecule has 0 radical (unpaired) electrons. The van der Waals surface area contributed by atoms with Gasteiger partial charge in [-0.15, -0.1) is 0 Å². The molecule has 9 rings (SSSR count). The zero-order chi connectivity index (χ0) is 26.9. The van der Waals surface area contributed by atoms with E-state index in [0.29, 0.717) is 11.6 Å². The predicted molar refractivity (Wildman–Crippen MR) is 166 cm³/mol. The van der Waals surface area contributed by atoms with Gasteiger partial charge < -0.3 is 13.6 Å². The molecule has 41 heavy (non-hydrogen) atoms. The number of oxazole rings is 1. The van der Waals surface area contributed by atoms with Gasteiger partial charge in [-0.3, -0.25) is 0 Å². The van der Waals surface area contributed by atoms with Crippen LogP contribution in [0, 0.1) is 0 Å². The van der Waals surface area contributed by atoms with Crippen molar-refractivity contribution in [1.82, 2.24) is 19.1 Å². The molecule has 0 atom stereocenters. The van der Waals surface area contributed by atoms with E-state index >= 15 is 0 Å². The van der Waals surface area contributed by atoms with Crippen molar-refractivity contribution in [1.29, 1.82) is 0 Å². The third kappa shape index (κ3) is 3.23. The number of pyridine rings is 1. The smallest absolute Gasteiger partial charge is 0.247 e. The zero-order valence-corrected chi connectivity index (χ0v) is 21.9. The molecule has 5 aromatic carbocycles. The van der Waals surface area contributed by atoms with E-state index in [1.165, 1.54) is 43.6 Å². The molecule has 0 aliphatic heterocycles. The molecule has 0 amide bonds. The van der Waals surface area contributed by atoms with Gasteiger partial charge in [0.05, 0.1) is 22.1 Å². The van der Waals surface area contributed by atoms with Crippen LogP contribution in [-0.4, -0.2) is 19.1 Å². The summed E-state index contributed by atoms with van der Waals surface area (Å²) in [5.74, 6) is 0.572. The van der Waals surface area contributed by atoms with Gasteiger partial charge in [0.25, 0.3) is 0 Å². The van der Waals surface area contributed by atoms with Crippen molar-refractivity contribution in [3.8, 4) is 22.8 Å². The van der Waals surface area contributed by atoms with Crippen LogP contribution in [0.5, 0.6) is 0 Å². The van der Waals surface area contributed by atoms with E-state index < -0.39 is 0 Å². The number of para-hydroxylation sites is 3. The average molecular weight is 527 g/mol. The average Bonchev–Trinajstić information content (AvgIpc) is 3.71. The van der Waals surface area contributed by atoms with Crippen molar-refractivity contribution in [2.75, 3.05) is 0 Å². The van der Waals surface area contributed by atoms with Gasteiger partial charge in [-0.1, -0.05) is 54.6 Å². The third-order valence-electron chi connectivity index (χ3n) is 8.02. The summed E-state index contributed by atoms with van der Waals surface area (Å²) in [6.45, 7) is 0. The number of rotatable bonds is 3. The second kappa shape index (κ2) is 8.41. The lowest BCUT2D eigenvalue weighted by Gasteiger charge is -2.09. The first-order valence-electron chi connectivity index (χ1n) is 13.7. The largest absolute Gasteiger partial charge is 0.418 e. The molecule has 4 heterocycles. The highest BCUT2D eigenvalue weighted by Crippen LogP contribution is 2.39. The van der Waals surface area contributed by atoms with E-state index in [1.807, 2.05) is 12.1 Å². The molecule has 0 aliphatic carbocycles. The van der Waals surface area contributed by atoms with Gasteiger partial charge in [-0.05, 0) is 72.8 Å². The van der Waals surface area contributed by atoms with Crippen LogP contribution in [0.3, 0.4) is 0 Å². The second-order valence-electron chi connectivity index (χ2n) is 10.3. The van der Waals surface area contributed by atoms with E-state index in [-0.39, 0.29) is 0 Å². The van der Waals surface area contributed by atoms with Crippen molar-refractivity contribution >= 4 is 54.8 Å². The lowest BCUT2D eigenvalue weighted by molar-refractivity contribution is 0.608. The van der Waals surface area contributed by atoms with Crippen LogP contribution in [0.15, 0.2) is 138 Å². The predicted octanol–water partition coefficient (Wildman–Crippen LogP) is 9.08. The first-order valence-corrected chi connectivity index (χ1v) is 13.7. The van der Waals surface area contributed by atoms with E-state index in [9.17, 15) is 0 Å². The Hall–Kier alpha value is -5.68. The monoisotopic (exact) mass is 526 g/mol. The SMILES string of the molecule is c1ccc(-n2c3ccccc3c3cc4c(cc32)c2ccccc2n4-c2ccc(-c3nc4cccnc4o3)cc2)cc1. The van der Waals surface area contributed by atoms with E-state index in [4.69, 9.17) is 4.42 Å². The summed E-state index contributed by atoms with van der Waals surface area (Å²) in [6, 6.07) is 44.8. The topological polar surface area (TPSA) is 48.8 Å². The van der Waals surface area contributed by atoms with Gasteiger partial charge >= 0.3 is 0 Å². The van der Waals surface area contributed by atoms with E-state index in [1.54, 1.807) is 6.20 Å². The van der Waals surface area contributed by atoms with Crippen molar-refractivity contribution in [2.24, 2.45) is 0 Å². The molecular formula is C36H22N4O.